The molecule has 1 heterocycles. The summed E-state index contributed by atoms with van der Waals surface area (Å²) in [6, 6.07) is 19.0. The number of aromatic nitrogens is 2. The smallest absolute Gasteiger partial charge is 0.255 e. The summed E-state index contributed by atoms with van der Waals surface area (Å²) < 4.78 is 13.3. The number of nitrogens with zero attached hydrogens (tertiary/aromatic N) is 2. The van der Waals surface area contributed by atoms with Crippen molar-refractivity contribution in [3.05, 3.63) is 101 Å². The second-order valence-corrected chi connectivity index (χ2v) is 7.36. The van der Waals surface area contributed by atoms with Crippen LogP contribution in [0.4, 0.5) is 21.7 Å². The maximum Gasteiger partial charge on any atom is 0.255 e. The van der Waals surface area contributed by atoms with Crippen LogP contribution in [-0.2, 0) is 0 Å². The summed E-state index contributed by atoms with van der Waals surface area (Å²) in [5.74, 6) is -0.472. The van der Waals surface area contributed by atoms with Gasteiger partial charge in [-0.25, -0.2) is 14.4 Å². The van der Waals surface area contributed by atoms with Crippen LogP contribution in [0.15, 0.2) is 79.1 Å². The van der Waals surface area contributed by atoms with Crippen molar-refractivity contribution in [3.63, 3.8) is 0 Å². The molecular weight excluding hydrogens is 415 g/mol. The van der Waals surface area contributed by atoms with Gasteiger partial charge in [-0.1, -0.05) is 47.5 Å². The molecule has 0 unspecified atom stereocenters. The zero-order chi connectivity index (χ0) is 21.8. The Labute approximate surface area is 184 Å². The van der Waals surface area contributed by atoms with E-state index >= 15 is 0 Å². The Morgan fingerprint density at radius 3 is 2.42 bits per heavy atom. The van der Waals surface area contributed by atoms with Crippen LogP contribution in [0.5, 0.6) is 0 Å². The zero-order valence-electron chi connectivity index (χ0n) is 16.6. The van der Waals surface area contributed by atoms with Gasteiger partial charge in [0.25, 0.3) is 5.91 Å². The van der Waals surface area contributed by atoms with Crippen molar-refractivity contribution in [2.45, 2.75) is 6.92 Å². The van der Waals surface area contributed by atoms with Crippen molar-refractivity contribution in [1.29, 1.82) is 0 Å². The van der Waals surface area contributed by atoms with Crippen LogP contribution in [0.25, 0.3) is 11.1 Å². The van der Waals surface area contributed by atoms with Gasteiger partial charge in [0.05, 0.1) is 5.02 Å². The predicted molar refractivity (Wildman–Crippen MR) is 121 cm³/mol. The lowest BCUT2D eigenvalue weighted by molar-refractivity contribution is 0.102. The van der Waals surface area contributed by atoms with E-state index in [9.17, 15) is 9.18 Å². The predicted octanol–water partition coefficient (Wildman–Crippen LogP) is 6.24. The van der Waals surface area contributed by atoms with Gasteiger partial charge in [0.1, 0.15) is 5.82 Å². The molecule has 0 bridgehead atoms. The van der Waals surface area contributed by atoms with E-state index in [0.29, 0.717) is 22.9 Å². The molecule has 0 fully saturated rings. The monoisotopic (exact) mass is 432 g/mol. The van der Waals surface area contributed by atoms with Gasteiger partial charge in [0.15, 0.2) is 0 Å². The minimum absolute atomic E-state index is 0.0560. The number of amides is 1. The van der Waals surface area contributed by atoms with E-state index in [1.807, 2.05) is 31.2 Å². The molecule has 0 aliphatic heterocycles. The first kappa shape index (κ1) is 20.5. The highest BCUT2D eigenvalue weighted by molar-refractivity contribution is 6.31. The molecule has 5 nitrogen and oxygen atoms in total. The number of anilines is 3. The second kappa shape index (κ2) is 8.93. The van der Waals surface area contributed by atoms with Crippen molar-refractivity contribution < 1.29 is 9.18 Å². The maximum atomic E-state index is 13.3. The second-order valence-electron chi connectivity index (χ2n) is 6.95. The van der Waals surface area contributed by atoms with Crippen LogP contribution in [-0.4, -0.2) is 15.9 Å². The first-order chi connectivity index (χ1) is 15.0. The molecule has 2 N–H and O–H groups in total. The molecule has 7 heteroatoms. The average Bonchev–Trinajstić information content (AvgIpc) is 2.77. The van der Waals surface area contributed by atoms with E-state index in [0.717, 1.165) is 16.7 Å². The first-order valence-electron chi connectivity index (χ1n) is 9.50. The van der Waals surface area contributed by atoms with Crippen LogP contribution in [0, 0.1) is 12.7 Å². The van der Waals surface area contributed by atoms with Gasteiger partial charge in [-0.3, -0.25) is 4.79 Å². The fraction of sp³-hybridized carbons (Fsp3) is 0.0417. The van der Waals surface area contributed by atoms with E-state index in [-0.39, 0.29) is 10.9 Å². The number of carbonyl (C=O) groups excluding carboxylic acids is 1. The van der Waals surface area contributed by atoms with E-state index in [2.05, 4.69) is 26.7 Å². The summed E-state index contributed by atoms with van der Waals surface area (Å²) in [7, 11) is 0. The molecule has 1 aromatic heterocycles. The van der Waals surface area contributed by atoms with Gasteiger partial charge in [-0.05, 0) is 48.9 Å². The Kier molecular flexibility index (Phi) is 5.91. The van der Waals surface area contributed by atoms with Gasteiger partial charge in [0, 0.05) is 34.9 Å². The molecule has 0 aliphatic rings. The molecule has 0 saturated heterocycles. The highest BCUT2D eigenvalue weighted by Gasteiger charge is 2.09. The molecule has 0 spiro atoms. The Morgan fingerprint density at radius 2 is 1.68 bits per heavy atom. The average molecular weight is 433 g/mol. The van der Waals surface area contributed by atoms with Crippen LogP contribution < -0.4 is 10.6 Å². The molecule has 0 radical (unpaired) electrons. The summed E-state index contributed by atoms with van der Waals surface area (Å²) in [5.41, 5.74) is 4.61. The summed E-state index contributed by atoms with van der Waals surface area (Å²) in [6.45, 7) is 2.04. The SMILES string of the molecule is Cc1cccc(-c2cnc(Nc3cccc(C(=O)Nc4ccc(F)c(Cl)c4)c3)nc2)c1. The molecular formula is C24H18ClFN4O. The quantitative estimate of drug-likeness (QED) is 0.391. The number of halogens is 2. The zero-order valence-corrected chi connectivity index (χ0v) is 17.3. The third kappa shape index (κ3) is 5.05. The third-order valence-electron chi connectivity index (χ3n) is 4.56. The van der Waals surface area contributed by atoms with Gasteiger partial charge < -0.3 is 10.6 Å². The van der Waals surface area contributed by atoms with Crippen LogP contribution in [0.3, 0.4) is 0 Å². The lowest BCUT2D eigenvalue weighted by atomic mass is 10.1. The van der Waals surface area contributed by atoms with E-state index in [4.69, 9.17) is 11.6 Å². The standard InChI is InChI=1S/C24H18ClFN4O/c1-15-4-2-5-16(10-15)18-13-27-24(28-14-18)30-19-7-3-6-17(11-19)23(31)29-20-8-9-22(26)21(25)12-20/h2-14H,1H3,(H,29,31)(H,27,28,30). The number of aryl methyl sites for hydroxylation is 1. The normalized spacial score (nSPS) is 10.5. The summed E-state index contributed by atoms with van der Waals surface area (Å²) in [4.78, 5) is 21.3. The number of carbonyl (C=O) groups is 1. The van der Waals surface area contributed by atoms with Gasteiger partial charge in [-0.2, -0.15) is 0 Å². The lowest BCUT2D eigenvalue weighted by Crippen LogP contribution is -2.12. The maximum absolute atomic E-state index is 13.3. The molecule has 0 aliphatic carbocycles. The fourth-order valence-electron chi connectivity index (χ4n) is 3.01. The molecule has 0 atom stereocenters. The van der Waals surface area contributed by atoms with Crippen molar-refractivity contribution in [2.24, 2.45) is 0 Å². The van der Waals surface area contributed by atoms with Crippen molar-refractivity contribution in [3.8, 4) is 11.1 Å². The first-order valence-corrected chi connectivity index (χ1v) is 9.88. The van der Waals surface area contributed by atoms with Crippen molar-refractivity contribution in [2.75, 3.05) is 10.6 Å². The molecule has 31 heavy (non-hydrogen) atoms. The number of nitrogens with one attached hydrogen (secondary N) is 2. The van der Waals surface area contributed by atoms with Crippen LogP contribution in [0.1, 0.15) is 15.9 Å². The Bertz CT molecular complexity index is 1240. The Morgan fingerprint density at radius 1 is 0.903 bits per heavy atom. The van der Waals surface area contributed by atoms with Crippen LogP contribution >= 0.6 is 11.6 Å². The lowest BCUT2D eigenvalue weighted by Gasteiger charge is -2.09. The summed E-state index contributed by atoms with van der Waals surface area (Å²) in [5, 5.41) is 5.74. The Hall–Kier alpha value is -3.77. The van der Waals surface area contributed by atoms with E-state index in [1.165, 1.54) is 18.2 Å². The summed E-state index contributed by atoms with van der Waals surface area (Å²) >= 11 is 5.77. The minimum atomic E-state index is -0.542. The van der Waals surface area contributed by atoms with Gasteiger partial charge in [-0.15, -0.1) is 0 Å². The molecule has 0 saturated carbocycles. The van der Waals surface area contributed by atoms with Gasteiger partial charge in [0.2, 0.25) is 5.95 Å². The largest absolute Gasteiger partial charge is 0.324 e. The highest BCUT2D eigenvalue weighted by Crippen LogP contribution is 2.22. The number of hydrogen-bond donors (Lipinski definition) is 2. The van der Waals surface area contributed by atoms with Crippen molar-refractivity contribution in [1.82, 2.24) is 9.97 Å². The molecule has 1 amide bonds. The topological polar surface area (TPSA) is 66.9 Å². The van der Waals surface area contributed by atoms with Crippen molar-refractivity contribution >= 4 is 34.8 Å². The summed E-state index contributed by atoms with van der Waals surface area (Å²) in [6.07, 6.45) is 3.50. The molecule has 3 aromatic carbocycles. The highest BCUT2D eigenvalue weighted by atomic mass is 35.5. The molecule has 4 rings (SSSR count). The van der Waals surface area contributed by atoms with Crippen LogP contribution in [0.2, 0.25) is 5.02 Å². The Balaban J connectivity index is 1.46. The van der Waals surface area contributed by atoms with E-state index in [1.54, 1.807) is 30.6 Å². The van der Waals surface area contributed by atoms with E-state index < -0.39 is 5.82 Å². The molecule has 4 aromatic rings. The minimum Gasteiger partial charge on any atom is -0.324 e. The number of hydrogen-bond acceptors (Lipinski definition) is 4. The third-order valence-corrected chi connectivity index (χ3v) is 4.85. The van der Waals surface area contributed by atoms with Gasteiger partial charge >= 0.3 is 0 Å². The fourth-order valence-corrected chi connectivity index (χ4v) is 3.19. The molecule has 154 valence electrons. The number of rotatable bonds is 5. The number of benzene rings is 3.